The molecule has 0 bridgehead atoms. The summed E-state index contributed by atoms with van der Waals surface area (Å²) in [6.45, 7) is 8.96. The lowest BCUT2D eigenvalue weighted by Crippen LogP contribution is -2.57. The minimum atomic E-state index is -1.31. The van der Waals surface area contributed by atoms with E-state index in [4.69, 9.17) is 4.99 Å². The number of aliphatic imine (C=N–C) groups is 1. The SMILES string of the molecule is Cc1ncsc1-c1ccc([C@]2(C)N=C(C3C[C@@H](O)CN3C(=O)[C@@H](NC(=O)O)C(C)(C)C)NC2=O)cc1. The number of nitrogens with one attached hydrogen (secondary N) is 2. The van der Waals surface area contributed by atoms with Crippen LogP contribution in [0.2, 0.25) is 0 Å². The van der Waals surface area contributed by atoms with Gasteiger partial charge in [0.05, 0.1) is 28.2 Å². The zero-order chi connectivity index (χ0) is 26.4. The smallest absolute Gasteiger partial charge is 0.405 e. The van der Waals surface area contributed by atoms with Crippen molar-refractivity contribution in [1.82, 2.24) is 20.5 Å². The van der Waals surface area contributed by atoms with Crippen molar-refractivity contribution in [3.05, 3.63) is 41.0 Å². The van der Waals surface area contributed by atoms with Gasteiger partial charge in [-0.3, -0.25) is 9.59 Å². The molecule has 36 heavy (non-hydrogen) atoms. The number of aryl methyl sites for hydroxylation is 1. The quantitative estimate of drug-likeness (QED) is 0.484. The summed E-state index contributed by atoms with van der Waals surface area (Å²) in [5.41, 5.74) is 2.51. The molecule has 3 amide bonds. The molecule has 11 heteroatoms. The van der Waals surface area contributed by atoms with E-state index in [1.165, 1.54) is 4.90 Å². The molecule has 4 rings (SSSR count). The van der Waals surface area contributed by atoms with Crippen LogP contribution in [0.4, 0.5) is 4.79 Å². The third-order valence-electron chi connectivity index (χ3n) is 6.74. The normalized spacial score (nSPS) is 24.9. The van der Waals surface area contributed by atoms with E-state index < -0.39 is 41.1 Å². The molecule has 2 aliphatic rings. The fraction of sp³-hybridized carbons (Fsp3) is 0.480. The van der Waals surface area contributed by atoms with Gasteiger partial charge in [-0.15, -0.1) is 11.3 Å². The van der Waals surface area contributed by atoms with Crippen molar-refractivity contribution in [1.29, 1.82) is 0 Å². The van der Waals surface area contributed by atoms with E-state index >= 15 is 0 Å². The minimum Gasteiger partial charge on any atom is -0.465 e. The fourth-order valence-electron chi connectivity index (χ4n) is 4.69. The van der Waals surface area contributed by atoms with Crippen molar-refractivity contribution in [3.8, 4) is 10.4 Å². The Kier molecular flexibility index (Phi) is 6.65. The Bertz CT molecular complexity index is 1220. The second-order valence-corrected chi connectivity index (χ2v) is 11.4. The first kappa shape index (κ1) is 25.8. The highest BCUT2D eigenvalue weighted by atomic mass is 32.1. The highest BCUT2D eigenvalue weighted by Gasteiger charge is 2.48. The molecular formula is C25H31N5O5S. The zero-order valence-corrected chi connectivity index (χ0v) is 21.7. The van der Waals surface area contributed by atoms with Crippen molar-refractivity contribution in [2.75, 3.05) is 6.54 Å². The van der Waals surface area contributed by atoms with Crippen LogP contribution < -0.4 is 10.6 Å². The number of nitrogens with zero attached hydrogens (tertiary/aromatic N) is 3. The zero-order valence-electron chi connectivity index (χ0n) is 20.9. The predicted molar refractivity (Wildman–Crippen MR) is 136 cm³/mol. The Morgan fingerprint density at radius 2 is 1.94 bits per heavy atom. The summed E-state index contributed by atoms with van der Waals surface area (Å²) in [5.74, 6) is -0.511. The third-order valence-corrected chi connectivity index (χ3v) is 7.72. The Morgan fingerprint density at radius 1 is 1.28 bits per heavy atom. The molecule has 10 nitrogen and oxygen atoms in total. The Labute approximate surface area is 213 Å². The van der Waals surface area contributed by atoms with E-state index in [1.807, 2.05) is 31.2 Å². The fourth-order valence-corrected chi connectivity index (χ4v) is 5.50. The molecule has 1 unspecified atom stereocenters. The van der Waals surface area contributed by atoms with Gasteiger partial charge in [-0.25, -0.2) is 14.8 Å². The van der Waals surface area contributed by atoms with Gasteiger partial charge in [-0.05, 0) is 30.4 Å². The van der Waals surface area contributed by atoms with Gasteiger partial charge < -0.3 is 25.7 Å². The summed E-state index contributed by atoms with van der Waals surface area (Å²) in [5, 5.41) is 24.8. The van der Waals surface area contributed by atoms with Crippen LogP contribution >= 0.6 is 11.3 Å². The van der Waals surface area contributed by atoms with Gasteiger partial charge in [0.25, 0.3) is 5.91 Å². The van der Waals surface area contributed by atoms with Crippen molar-refractivity contribution in [2.24, 2.45) is 10.4 Å². The number of likely N-dealkylation sites (tertiary alicyclic amines) is 1. The maximum absolute atomic E-state index is 13.4. The van der Waals surface area contributed by atoms with Crippen LogP contribution in [0, 0.1) is 12.3 Å². The standard InChI is InChI=1S/C25H31N5O5S/c1-13-18(36-12-26-13)14-6-8-15(9-7-14)25(5)22(33)28-20(29-25)17-10-16(31)11-30(17)21(32)19(24(2,3)4)27-23(34)35/h6-9,12,16-17,19,27,31H,10-11H2,1-5H3,(H,34,35)(H,28,29,33)/t16-,17?,19-,25+/m1/s1. The Hall–Kier alpha value is -3.31. The van der Waals surface area contributed by atoms with Crippen LogP contribution in [-0.2, 0) is 15.1 Å². The monoisotopic (exact) mass is 513 g/mol. The molecule has 1 saturated heterocycles. The number of β-amino-alcohol motifs (C(OH)–C–C–N with tert-alkyl or cyclic N) is 1. The van der Waals surface area contributed by atoms with Crippen LogP contribution in [0.1, 0.15) is 45.4 Å². The van der Waals surface area contributed by atoms with E-state index in [0.29, 0.717) is 5.56 Å². The van der Waals surface area contributed by atoms with Gasteiger partial charge in [0, 0.05) is 13.0 Å². The predicted octanol–water partition coefficient (Wildman–Crippen LogP) is 2.51. The highest BCUT2D eigenvalue weighted by Crippen LogP contribution is 2.35. The molecule has 3 heterocycles. The lowest BCUT2D eigenvalue weighted by molar-refractivity contribution is -0.136. The summed E-state index contributed by atoms with van der Waals surface area (Å²) in [6.07, 6.45) is -1.94. The van der Waals surface area contributed by atoms with Crippen molar-refractivity contribution < 1.29 is 24.6 Å². The van der Waals surface area contributed by atoms with Crippen molar-refractivity contribution in [2.45, 2.75) is 64.8 Å². The van der Waals surface area contributed by atoms with Crippen LogP contribution in [0.5, 0.6) is 0 Å². The number of benzene rings is 1. The van der Waals surface area contributed by atoms with Crippen LogP contribution in [0.3, 0.4) is 0 Å². The Morgan fingerprint density at radius 3 is 2.50 bits per heavy atom. The van der Waals surface area contributed by atoms with Gasteiger partial charge in [0.1, 0.15) is 11.9 Å². The lowest BCUT2D eigenvalue weighted by Gasteiger charge is -2.34. The number of carbonyl (C=O) groups is 3. The van der Waals surface area contributed by atoms with Gasteiger partial charge >= 0.3 is 6.09 Å². The minimum absolute atomic E-state index is 0.0197. The third kappa shape index (κ3) is 4.72. The number of aliphatic hydroxyl groups excluding tert-OH is 1. The first-order valence-electron chi connectivity index (χ1n) is 11.7. The molecule has 1 fully saturated rings. The maximum Gasteiger partial charge on any atom is 0.405 e. The molecule has 4 N–H and O–H groups in total. The number of amides is 3. The molecule has 0 aliphatic carbocycles. The number of aliphatic hydroxyl groups is 1. The van der Waals surface area contributed by atoms with Crippen LogP contribution in [0.25, 0.3) is 10.4 Å². The van der Waals surface area contributed by atoms with E-state index in [2.05, 4.69) is 15.6 Å². The number of hydrogen-bond acceptors (Lipinski definition) is 7. The van der Waals surface area contributed by atoms with E-state index in [-0.39, 0.29) is 24.7 Å². The molecule has 1 aromatic heterocycles. The van der Waals surface area contributed by atoms with E-state index in [0.717, 1.165) is 16.1 Å². The number of rotatable bonds is 5. The topological polar surface area (TPSA) is 144 Å². The van der Waals surface area contributed by atoms with Gasteiger partial charge in [0.15, 0.2) is 5.54 Å². The molecule has 4 atom stereocenters. The van der Waals surface area contributed by atoms with E-state index in [1.54, 1.807) is 44.5 Å². The first-order valence-corrected chi connectivity index (χ1v) is 12.6. The second kappa shape index (κ2) is 9.29. The maximum atomic E-state index is 13.4. The largest absolute Gasteiger partial charge is 0.465 e. The lowest BCUT2D eigenvalue weighted by atomic mass is 9.85. The highest BCUT2D eigenvalue weighted by molar-refractivity contribution is 7.13. The van der Waals surface area contributed by atoms with Gasteiger partial charge in [-0.1, -0.05) is 45.0 Å². The van der Waals surface area contributed by atoms with Crippen LogP contribution in [-0.4, -0.2) is 68.6 Å². The summed E-state index contributed by atoms with van der Waals surface area (Å²) >= 11 is 1.55. The van der Waals surface area contributed by atoms with Crippen LogP contribution in [0.15, 0.2) is 34.8 Å². The molecule has 192 valence electrons. The number of amidine groups is 1. The number of carbonyl (C=O) groups excluding carboxylic acids is 2. The van der Waals surface area contributed by atoms with Crippen molar-refractivity contribution >= 4 is 35.1 Å². The number of hydrogen-bond donors (Lipinski definition) is 4. The molecule has 2 aromatic rings. The average molecular weight is 514 g/mol. The molecule has 0 saturated carbocycles. The second-order valence-electron chi connectivity index (χ2n) is 10.5. The average Bonchev–Trinajstić information content (AvgIpc) is 3.48. The molecular weight excluding hydrogens is 482 g/mol. The summed E-state index contributed by atoms with van der Waals surface area (Å²) < 4.78 is 0. The molecule has 1 aromatic carbocycles. The van der Waals surface area contributed by atoms with Gasteiger partial charge in [0.2, 0.25) is 5.91 Å². The summed E-state index contributed by atoms with van der Waals surface area (Å²) in [6, 6.07) is 5.87. The van der Waals surface area contributed by atoms with E-state index in [9.17, 15) is 24.6 Å². The molecule has 2 aliphatic heterocycles. The van der Waals surface area contributed by atoms with Crippen molar-refractivity contribution in [3.63, 3.8) is 0 Å². The summed E-state index contributed by atoms with van der Waals surface area (Å²) in [7, 11) is 0. The molecule has 0 spiro atoms. The number of aromatic nitrogens is 1. The summed E-state index contributed by atoms with van der Waals surface area (Å²) in [4.78, 5) is 49.4. The number of carboxylic acid groups (broad SMARTS) is 1. The van der Waals surface area contributed by atoms with Gasteiger partial charge in [-0.2, -0.15) is 0 Å². The molecule has 0 radical (unpaired) electrons. The number of thiazole rings is 1. The Balaban J connectivity index is 1.63. The first-order chi connectivity index (χ1) is 16.8.